The van der Waals surface area contributed by atoms with Crippen molar-refractivity contribution in [2.45, 2.75) is 0 Å². The van der Waals surface area contributed by atoms with Gasteiger partial charge in [-0.15, -0.1) is 0 Å². The average molecular weight is 305 g/mol. The predicted molar refractivity (Wildman–Crippen MR) is 89.2 cm³/mol. The lowest BCUT2D eigenvalue weighted by molar-refractivity contribution is 0.0963. The molecule has 3 heterocycles. The third kappa shape index (κ3) is 2.07. The Labute approximate surface area is 132 Å². The molecule has 114 valence electrons. The Kier molecular flexibility index (Phi) is 2.90. The van der Waals surface area contributed by atoms with Crippen LogP contribution in [0.3, 0.4) is 0 Å². The van der Waals surface area contributed by atoms with E-state index in [4.69, 9.17) is 0 Å². The number of nitrogens with one attached hydrogen (secondary N) is 2. The molecule has 1 amide bonds. The molecule has 0 bridgehead atoms. The van der Waals surface area contributed by atoms with Crippen LogP contribution in [0.25, 0.3) is 33.3 Å². The number of aromatic amines is 1. The fourth-order valence-electron chi connectivity index (χ4n) is 2.89. The van der Waals surface area contributed by atoms with Gasteiger partial charge in [0, 0.05) is 54.7 Å². The summed E-state index contributed by atoms with van der Waals surface area (Å²) in [6.07, 6.45) is 5.38. The quantitative estimate of drug-likeness (QED) is 0.597. The van der Waals surface area contributed by atoms with Crippen molar-refractivity contribution >= 4 is 28.0 Å². The number of nitrogens with zero attached hydrogens (tertiary/aromatic N) is 3. The van der Waals surface area contributed by atoms with E-state index in [1.165, 1.54) is 0 Å². The molecular weight excluding hydrogens is 290 g/mol. The highest BCUT2D eigenvalue weighted by atomic mass is 16.1. The third-order valence-electron chi connectivity index (χ3n) is 4.03. The molecular formula is C17H15N5O. The van der Waals surface area contributed by atoms with Gasteiger partial charge < -0.3 is 14.9 Å². The standard InChI is InChI=1S/C17H15N5O/c1-18-17(23)10-3-4-15-11(7-10)12(9-22(15)2)13-8-14-16(21-13)20-6-5-19-14/h3-9H,1-2H3,(H,18,23)(H,20,21). The maximum atomic E-state index is 11.9. The summed E-state index contributed by atoms with van der Waals surface area (Å²) in [5.41, 5.74) is 5.23. The van der Waals surface area contributed by atoms with Crippen LogP contribution in [0, 0.1) is 0 Å². The minimum absolute atomic E-state index is 0.0957. The summed E-state index contributed by atoms with van der Waals surface area (Å²) in [7, 11) is 3.62. The number of hydrogen-bond acceptors (Lipinski definition) is 3. The van der Waals surface area contributed by atoms with Gasteiger partial charge in [-0.2, -0.15) is 0 Å². The Morgan fingerprint density at radius 3 is 2.83 bits per heavy atom. The van der Waals surface area contributed by atoms with Crippen LogP contribution in [0.2, 0.25) is 0 Å². The molecule has 6 heteroatoms. The molecule has 4 rings (SSSR count). The van der Waals surface area contributed by atoms with Crippen molar-refractivity contribution in [2.75, 3.05) is 7.05 Å². The van der Waals surface area contributed by atoms with Gasteiger partial charge in [0.25, 0.3) is 5.91 Å². The molecule has 0 aliphatic rings. The van der Waals surface area contributed by atoms with E-state index < -0.39 is 0 Å². The van der Waals surface area contributed by atoms with Gasteiger partial charge in [0.2, 0.25) is 0 Å². The summed E-state index contributed by atoms with van der Waals surface area (Å²) in [5, 5.41) is 3.67. The second kappa shape index (κ2) is 4.95. The Hall–Kier alpha value is -3.15. The summed E-state index contributed by atoms with van der Waals surface area (Å²) in [6.45, 7) is 0. The number of fused-ring (bicyclic) bond motifs is 2. The van der Waals surface area contributed by atoms with Crippen LogP contribution in [0.1, 0.15) is 10.4 Å². The zero-order valence-corrected chi connectivity index (χ0v) is 12.8. The fourth-order valence-corrected chi connectivity index (χ4v) is 2.89. The smallest absolute Gasteiger partial charge is 0.251 e. The molecule has 0 aliphatic carbocycles. The number of carbonyl (C=O) groups is 1. The Bertz CT molecular complexity index is 1010. The van der Waals surface area contributed by atoms with E-state index in [1.54, 1.807) is 19.4 Å². The first kappa shape index (κ1) is 13.5. The minimum Gasteiger partial charge on any atom is -0.355 e. The summed E-state index contributed by atoms with van der Waals surface area (Å²) < 4.78 is 2.05. The molecule has 0 saturated carbocycles. The van der Waals surface area contributed by atoms with Crippen molar-refractivity contribution in [3.8, 4) is 11.3 Å². The first-order valence-electron chi connectivity index (χ1n) is 7.28. The Balaban J connectivity index is 1.96. The Morgan fingerprint density at radius 1 is 1.22 bits per heavy atom. The topological polar surface area (TPSA) is 75.6 Å². The van der Waals surface area contributed by atoms with Crippen LogP contribution in [0.5, 0.6) is 0 Å². The molecule has 0 unspecified atom stereocenters. The van der Waals surface area contributed by atoms with E-state index in [0.29, 0.717) is 5.56 Å². The summed E-state index contributed by atoms with van der Waals surface area (Å²) >= 11 is 0. The van der Waals surface area contributed by atoms with Gasteiger partial charge in [-0.25, -0.2) is 4.98 Å². The van der Waals surface area contributed by atoms with E-state index >= 15 is 0 Å². The van der Waals surface area contributed by atoms with Gasteiger partial charge in [0.05, 0.1) is 5.69 Å². The minimum atomic E-state index is -0.0957. The van der Waals surface area contributed by atoms with Crippen LogP contribution in [0.15, 0.2) is 42.9 Å². The van der Waals surface area contributed by atoms with Crippen LogP contribution in [-0.4, -0.2) is 32.5 Å². The van der Waals surface area contributed by atoms with Gasteiger partial charge in [-0.3, -0.25) is 9.78 Å². The number of H-pyrrole nitrogens is 1. The van der Waals surface area contributed by atoms with Gasteiger partial charge in [0.15, 0.2) is 5.65 Å². The summed E-state index contributed by atoms with van der Waals surface area (Å²) in [6, 6.07) is 7.68. The normalized spacial score (nSPS) is 11.2. The number of aromatic nitrogens is 4. The number of carbonyl (C=O) groups excluding carboxylic acids is 1. The van der Waals surface area contributed by atoms with Gasteiger partial charge in [-0.1, -0.05) is 0 Å². The van der Waals surface area contributed by atoms with Crippen LogP contribution in [0.4, 0.5) is 0 Å². The molecule has 4 aromatic rings. The lowest BCUT2D eigenvalue weighted by Crippen LogP contribution is -2.17. The highest BCUT2D eigenvalue weighted by Gasteiger charge is 2.14. The van der Waals surface area contributed by atoms with Crippen molar-refractivity contribution in [3.63, 3.8) is 0 Å². The van der Waals surface area contributed by atoms with Crippen molar-refractivity contribution in [1.82, 2.24) is 24.8 Å². The molecule has 0 aliphatic heterocycles. The third-order valence-corrected chi connectivity index (χ3v) is 4.03. The number of aryl methyl sites for hydroxylation is 1. The van der Waals surface area contributed by atoms with Crippen molar-refractivity contribution in [1.29, 1.82) is 0 Å². The molecule has 2 N–H and O–H groups in total. The van der Waals surface area contributed by atoms with E-state index in [-0.39, 0.29) is 5.91 Å². The molecule has 0 spiro atoms. The maximum absolute atomic E-state index is 11.9. The molecule has 3 aromatic heterocycles. The van der Waals surface area contributed by atoms with Crippen LogP contribution < -0.4 is 5.32 Å². The number of hydrogen-bond donors (Lipinski definition) is 2. The van der Waals surface area contributed by atoms with Gasteiger partial charge >= 0.3 is 0 Å². The Morgan fingerprint density at radius 2 is 2.04 bits per heavy atom. The van der Waals surface area contributed by atoms with Crippen LogP contribution >= 0.6 is 0 Å². The lowest BCUT2D eigenvalue weighted by atomic mass is 10.1. The van der Waals surface area contributed by atoms with E-state index in [0.717, 1.165) is 33.3 Å². The first-order valence-corrected chi connectivity index (χ1v) is 7.28. The van der Waals surface area contributed by atoms with E-state index in [1.807, 2.05) is 42.1 Å². The zero-order valence-electron chi connectivity index (χ0n) is 12.8. The maximum Gasteiger partial charge on any atom is 0.251 e. The highest BCUT2D eigenvalue weighted by molar-refractivity contribution is 6.03. The summed E-state index contributed by atoms with van der Waals surface area (Å²) in [5.74, 6) is -0.0957. The van der Waals surface area contributed by atoms with Gasteiger partial charge in [0.1, 0.15) is 5.52 Å². The van der Waals surface area contributed by atoms with Crippen molar-refractivity contribution in [3.05, 3.63) is 48.4 Å². The molecule has 0 radical (unpaired) electrons. The summed E-state index contributed by atoms with van der Waals surface area (Å²) in [4.78, 5) is 23.8. The lowest BCUT2D eigenvalue weighted by Gasteiger charge is -2.02. The predicted octanol–water partition coefficient (Wildman–Crippen LogP) is 2.48. The van der Waals surface area contributed by atoms with E-state index in [2.05, 4.69) is 20.3 Å². The van der Waals surface area contributed by atoms with E-state index in [9.17, 15) is 4.79 Å². The molecule has 6 nitrogen and oxygen atoms in total. The van der Waals surface area contributed by atoms with Crippen LogP contribution in [-0.2, 0) is 7.05 Å². The second-order valence-electron chi connectivity index (χ2n) is 5.44. The number of rotatable bonds is 2. The second-order valence-corrected chi connectivity index (χ2v) is 5.44. The monoisotopic (exact) mass is 305 g/mol. The largest absolute Gasteiger partial charge is 0.355 e. The average Bonchev–Trinajstić information content (AvgIpc) is 3.15. The highest BCUT2D eigenvalue weighted by Crippen LogP contribution is 2.31. The molecule has 23 heavy (non-hydrogen) atoms. The SMILES string of the molecule is CNC(=O)c1ccc2c(c1)c(-c1cc3nccnc3[nH]1)cn2C. The molecule has 0 fully saturated rings. The van der Waals surface area contributed by atoms with Crippen molar-refractivity contribution < 1.29 is 4.79 Å². The number of amides is 1. The first-order chi connectivity index (χ1) is 11.2. The molecule has 1 aromatic carbocycles. The fraction of sp³-hybridized carbons (Fsp3) is 0.118. The van der Waals surface area contributed by atoms with Gasteiger partial charge in [-0.05, 0) is 24.3 Å². The molecule has 0 atom stereocenters. The number of benzene rings is 1. The molecule has 0 saturated heterocycles. The van der Waals surface area contributed by atoms with Crippen molar-refractivity contribution in [2.24, 2.45) is 7.05 Å². The zero-order chi connectivity index (χ0) is 16.0.